The molecule has 3 aliphatic rings. The van der Waals surface area contributed by atoms with Gasteiger partial charge in [0, 0.05) is 43.2 Å². The number of urea groups is 1. The van der Waals surface area contributed by atoms with Gasteiger partial charge in [0.1, 0.15) is 0 Å². The molecule has 4 heterocycles. The number of likely N-dealkylation sites (tertiary alicyclic amines) is 1. The second kappa shape index (κ2) is 9.41. The van der Waals surface area contributed by atoms with Crippen molar-refractivity contribution in [3.05, 3.63) is 65.0 Å². The number of nitrogens with zero attached hydrogens (tertiary/aromatic N) is 3. The van der Waals surface area contributed by atoms with Crippen LogP contribution < -0.4 is 5.32 Å². The van der Waals surface area contributed by atoms with Crippen LogP contribution in [0.25, 0.3) is 0 Å². The molecule has 8 heteroatoms. The van der Waals surface area contributed by atoms with Crippen molar-refractivity contribution in [3.63, 3.8) is 0 Å². The number of hydrogen-bond donors (Lipinski definition) is 1. The zero-order chi connectivity index (χ0) is 24.6. The van der Waals surface area contributed by atoms with Crippen molar-refractivity contribution < 1.29 is 19.1 Å². The van der Waals surface area contributed by atoms with Gasteiger partial charge in [-0.15, -0.1) is 0 Å². The molecular weight excluding hydrogens is 444 g/mol. The van der Waals surface area contributed by atoms with Crippen LogP contribution in [-0.2, 0) is 15.1 Å². The second-order valence-corrected chi connectivity index (χ2v) is 9.92. The highest BCUT2D eigenvalue weighted by molar-refractivity contribution is 6.07. The van der Waals surface area contributed by atoms with Gasteiger partial charge >= 0.3 is 6.03 Å². The van der Waals surface area contributed by atoms with Crippen molar-refractivity contribution in [1.29, 1.82) is 0 Å². The van der Waals surface area contributed by atoms with E-state index in [1.54, 1.807) is 18.5 Å². The summed E-state index contributed by atoms with van der Waals surface area (Å²) in [5.74, 6) is -0.385. The van der Waals surface area contributed by atoms with E-state index in [2.05, 4.69) is 10.3 Å². The van der Waals surface area contributed by atoms with Gasteiger partial charge in [-0.1, -0.05) is 23.8 Å². The van der Waals surface area contributed by atoms with E-state index >= 15 is 0 Å². The lowest BCUT2D eigenvalue weighted by atomic mass is 9.73. The Balaban J connectivity index is 1.38. The summed E-state index contributed by atoms with van der Waals surface area (Å²) in [6.07, 6.45) is 6.20. The molecule has 4 amide bonds. The number of hydrogen-bond acceptors (Lipinski definition) is 5. The van der Waals surface area contributed by atoms with Crippen LogP contribution in [0, 0.1) is 19.8 Å². The minimum absolute atomic E-state index is 0.0122. The average Bonchev–Trinajstić information content (AvgIpc) is 3.47. The Labute approximate surface area is 205 Å². The smallest absolute Gasteiger partial charge is 0.325 e. The molecule has 1 aromatic carbocycles. The molecule has 35 heavy (non-hydrogen) atoms. The molecule has 1 aromatic heterocycles. The number of carbonyl (C=O) groups is 3. The van der Waals surface area contributed by atoms with Gasteiger partial charge in [-0.25, -0.2) is 4.79 Å². The van der Waals surface area contributed by atoms with Crippen molar-refractivity contribution in [1.82, 2.24) is 20.1 Å². The maximum atomic E-state index is 13.9. The zero-order valence-electron chi connectivity index (χ0n) is 20.3. The average molecular weight is 477 g/mol. The van der Waals surface area contributed by atoms with E-state index in [1.165, 1.54) is 4.90 Å². The predicted molar refractivity (Wildman–Crippen MR) is 130 cm³/mol. The molecule has 184 valence electrons. The van der Waals surface area contributed by atoms with Crippen LogP contribution in [0.15, 0.2) is 42.7 Å². The number of imide groups is 1. The Morgan fingerprint density at radius 3 is 2.63 bits per heavy atom. The van der Waals surface area contributed by atoms with Crippen molar-refractivity contribution >= 4 is 17.8 Å². The van der Waals surface area contributed by atoms with Crippen LogP contribution in [0.2, 0.25) is 0 Å². The number of nitrogens with one attached hydrogen (secondary N) is 1. The molecule has 0 unspecified atom stereocenters. The highest BCUT2D eigenvalue weighted by atomic mass is 16.5. The third-order valence-electron chi connectivity index (χ3n) is 7.67. The van der Waals surface area contributed by atoms with Crippen LogP contribution >= 0.6 is 0 Å². The van der Waals surface area contributed by atoms with Gasteiger partial charge in [0.15, 0.2) is 5.54 Å². The molecule has 8 nitrogen and oxygen atoms in total. The molecular formula is C27H32N4O4. The molecule has 0 radical (unpaired) electrons. The van der Waals surface area contributed by atoms with Gasteiger partial charge in [0.25, 0.3) is 11.8 Å². The molecule has 3 saturated heterocycles. The quantitative estimate of drug-likeness (QED) is 0.670. The van der Waals surface area contributed by atoms with Crippen molar-refractivity contribution in [3.8, 4) is 0 Å². The van der Waals surface area contributed by atoms with E-state index in [4.69, 9.17) is 4.74 Å². The fourth-order valence-corrected chi connectivity index (χ4v) is 5.80. The maximum absolute atomic E-state index is 13.9. The van der Waals surface area contributed by atoms with E-state index < -0.39 is 5.54 Å². The maximum Gasteiger partial charge on any atom is 0.325 e. The summed E-state index contributed by atoms with van der Waals surface area (Å²) in [6.45, 7) is 5.94. The normalized spacial score (nSPS) is 25.3. The molecule has 0 bridgehead atoms. The highest BCUT2D eigenvalue weighted by Crippen LogP contribution is 2.41. The SMILES string of the molecule is Cc1ccc(C(=O)N2CCC([C@@]3(c4cccnc4)NC(=O)N(C[C@@H]4CCCO4)C3=O)CC2)c(C)c1. The molecule has 0 aliphatic carbocycles. The Kier molecular flexibility index (Phi) is 6.32. The molecule has 3 aliphatic heterocycles. The van der Waals surface area contributed by atoms with Gasteiger partial charge in [-0.2, -0.15) is 0 Å². The lowest BCUT2D eigenvalue weighted by molar-refractivity contribution is -0.135. The third-order valence-corrected chi connectivity index (χ3v) is 7.67. The first-order chi connectivity index (χ1) is 16.9. The van der Waals surface area contributed by atoms with Crippen LogP contribution in [-0.4, -0.2) is 65.0 Å². The Hall–Kier alpha value is -3.26. The van der Waals surface area contributed by atoms with Crippen molar-refractivity contribution in [2.45, 2.75) is 51.2 Å². The standard InChI is InChI=1S/C27H32N4O4/c1-18-7-8-23(19(2)15-18)24(32)30-12-9-20(10-13-30)27(21-5-3-11-28-16-21)25(33)31(26(34)29-27)17-22-6-4-14-35-22/h3,5,7-8,11,15-16,20,22H,4,6,9-10,12-14,17H2,1-2H3,(H,29,34)/t22-,27-/m0/s1. The first-order valence-electron chi connectivity index (χ1n) is 12.4. The van der Waals surface area contributed by atoms with Crippen LogP contribution in [0.5, 0.6) is 0 Å². The number of pyridine rings is 1. The Morgan fingerprint density at radius 2 is 1.97 bits per heavy atom. The predicted octanol–water partition coefficient (Wildman–Crippen LogP) is 3.18. The Morgan fingerprint density at radius 1 is 1.17 bits per heavy atom. The van der Waals surface area contributed by atoms with Crippen LogP contribution in [0.3, 0.4) is 0 Å². The van der Waals surface area contributed by atoms with E-state index in [9.17, 15) is 14.4 Å². The number of amides is 4. The topological polar surface area (TPSA) is 91.8 Å². The zero-order valence-corrected chi connectivity index (χ0v) is 20.3. The number of ether oxygens (including phenoxy) is 1. The molecule has 2 aromatic rings. The van der Waals surface area contributed by atoms with E-state index in [0.29, 0.717) is 43.7 Å². The number of aryl methyl sites for hydroxylation is 2. The van der Waals surface area contributed by atoms with Gasteiger partial charge in [-0.3, -0.25) is 19.5 Å². The fourth-order valence-electron chi connectivity index (χ4n) is 5.80. The summed E-state index contributed by atoms with van der Waals surface area (Å²) in [4.78, 5) is 47.6. The van der Waals surface area contributed by atoms with E-state index in [1.807, 2.05) is 43.0 Å². The summed E-state index contributed by atoms with van der Waals surface area (Å²) in [5.41, 5.74) is 2.31. The number of rotatable bonds is 5. The van der Waals surface area contributed by atoms with Crippen LogP contribution in [0.4, 0.5) is 4.79 Å². The largest absolute Gasteiger partial charge is 0.376 e. The molecule has 0 spiro atoms. The molecule has 3 fully saturated rings. The summed E-state index contributed by atoms with van der Waals surface area (Å²) < 4.78 is 5.70. The first kappa shape index (κ1) is 23.5. The highest BCUT2D eigenvalue weighted by Gasteiger charge is 2.57. The van der Waals surface area contributed by atoms with Crippen molar-refractivity contribution in [2.24, 2.45) is 5.92 Å². The molecule has 0 saturated carbocycles. The molecule has 5 rings (SSSR count). The minimum atomic E-state index is -1.18. The monoisotopic (exact) mass is 476 g/mol. The van der Waals surface area contributed by atoms with Crippen LogP contribution in [0.1, 0.15) is 52.7 Å². The van der Waals surface area contributed by atoms with Gasteiger partial charge in [-0.05, 0) is 63.1 Å². The van der Waals surface area contributed by atoms with Crippen molar-refractivity contribution in [2.75, 3.05) is 26.2 Å². The Bertz CT molecular complexity index is 1120. The first-order valence-corrected chi connectivity index (χ1v) is 12.4. The lowest BCUT2D eigenvalue weighted by Gasteiger charge is -2.41. The summed E-state index contributed by atoms with van der Waals surface area (Å²) in [5, 5.41) is 3.06. The summed E-state index contributed by atoms with van der Waals surface area (Å²) in [7, 11) is 0. The minimum Gasteiger partial charge on any atom is -0.376 e. The number of carbonyl (C=O) groups excluding carboxylic acids is 3. The number of aromatic nitrogens is 1. The second-order valence-electron chi connectivity index (χ2n) is 9.92. The van der Waals surface area contributed by atoms with Gasteiger partial charge < -0.3 is 15.0 Å². The molecule has 1 N–H and O–H groups in total. The fraction of sp³-hybridized carbons (Fsp3) is 0.481. The molecule has 2 atom stereocenters. The van der Waals surface area contributed by atoms with E-state index in [-0.39, 0.29) is 36.4 Å². The van der Waals surface area contributed by atoms with Gasteiger partial charge in [0.2, 0.25) is 0 Å². The summed E-state index contributed by atoms with van der Waals surface area (Å²) >= 11 is 0. The van der Waals surface area contributed by atoms with E-state index in [0.717, 1.165) is 24.0 Å². The number of benzene rings is 1. The summed E-state index contributed by atoms with van der Waals surface area (Å²) in [6, 6.07) is 9.13. The third kappa shape index (κ3) is 4.20. The van der Waals surface area contributed by atoms with Gasteiger partial charge in [0.05, 0.1) is 12.6 Å². The lowest BCUT2D eigenvalue weighted by Crippen LogP contribution is -2.54. The number of piperidine rings is 1.